The maximum Gasteiger partial charge on any atom is 0.335 e. The fourth-order valence-corrected chi connectivity index (χ4v) is 1.78. The molecule has 1 fully saturated rings. The van der Waals surface area contributed by atoms with E-state index in [4.69, 9.17) is 4.74 Å². The topological polar surface area (TPSA) is 96.5 Å². The molecule has 3 N–H and O–H groups in total. The van der Waals surface area contributed by atoms with E-state index in [1.807, 2.05) is 6.92 Å². The standard InChI is InChI=1S/C9H15N3O4S/c1-2-3-4-16-6(13)5-17-8-7(14)10-9(15)12-11-8/h8,11H,2-5H2,1H3,(H2,10,12,14,15). The molecule has 0 bridgehead atoms. The molecule has 1 aliphatic rings. The monoisotopic (exact) mass is 261 g/mol. The van der Waals surface area contributed by atoms with Crippen LogP contribution in [0.1, 0.15) is 19.8 Å². The maximum absolute atomic E-state index is 11.3. The molecular weight excluding hydrogens is 246 g/mol. The number of esters is 1. The number of rotatable bonds is 6. The Kier molecular flexibility index (Phi) is 5.78. The van der Waals surface area contributed by atoms with E-state index in [0.717, 1.165) is 24.6 Å². The van der Waals surface area contributed by atoms with Gasteiger partial charge in [0.2, 0.25) is 0 Å². The molecule has 0 aromatic carbocycles. The van der Waals surface area contributed by atoms with Crippen LogP contribution in [-0.4, -0.2) is 35.6 Å². The Labute approximate surface area is 103 Å². The Balaban J connectivity index is 2.19. The van der Waals surface area contributed by atoms with Gasteiger partial charge >= 0.3 is 12.0 Å². The number of hydrogen-bond acceptors (Lipinski definition) is 6. The zero-order valence-electron chi connectivity index (χ0n) is 9.45. The summed E-state index contributed by atoms with van der Waals surface area (Å²) in [4.78, 5) is 33.2. The number of urea groups is 1. The van der Waals surface area contributed by atoms with Crippen LogP contribution in [0.5, 0.6) is 0 Å². The van der Waals surface area contributed by atoms with Crippen LogP contribution in [0.2, 0.25) is 0 Å². The van der Waals surface area contributed by atoms with Crippen LogP contribution >= 0.6 is 11.8 Å². The van der Waals surface area contributed by atoms with Crippen molar-refractivity contribution in [3.8, 4) is 0 Å². The van der Waals surface area contributed by atoms with E-state index in [9.17, 15) is 14.4 Å². The van der Waals surface area contributed by atoms with Crippen LogP contribution in [0.4, 0.5) is 4.79 Å². The molecule has 3 amide bonds. The average molecular weight is 261 g/mol. The van der Waals surface area contributed by atoms with Gasteiger partial charge < -0.3 is 4.74 Å². The zero-order valence-corrected chi connectivity index (χ0v) is 10.3. The third-order valence-electron chi connectivity index (χ3n) is 1.92. The number of thioether (sulfide) groups is 1. The molecule has 0 aliphatic carbocycles. The lowest BCUT2D eigenvalue weighted by Crippen LogP contribution is -2.61. The molecule has 0 spiro atoms. The SMILES string of the molecule is CCCCOC(=O)CSC1NNC(=O)NC1=O. The van der Waals surface area contributed by atoms with E-state index in [1.165, 1.54) is 0 Å². The van der Waals surface area contributed by atoms with Gasteiger partial charge in [0.15, 0.2) is 5.37 Å². The molecule has 0 aromatic heterocycles. The molecular formula is C9H15N3O4S. The Morgan fingerprint density at radius 2 is 2.24 bits per heavy atom. The van der Waals surface area contributed by atoms with Crippen LogP contribution < -0.4 is 16.2 Å². The van der Waals surface area contributed by atoms with Crippen molar-refractivity contribution in [3.63, 3.8) is 0 Å². The number of carbonyl (C=O) groups is 3. The molecule has 0 aromatic rings. The summed E-state index contributed by atoms with van der Waals surface area (Å²) < 4.78 is 4.92. The van der Waals surface area contributed by atoms with Gasteiger partial charge in [-0.25, -0.2) is 10.2 Å². The summed E-state index contributed by atoms with van der Waals surface area (Å²) in [7, 11) is 0. The number of unbranched alkanes of at least 4 members (excludes halogenated alkanes) is 1. The van der Waals surface area contributed by atoms with Crippen LogP contribution in [0.25, 0.3) is 0 Å². The second kappa shape index (κ2) is 7.13. The summed E-state index contributed by atoms with van der Waals surface area (Å²) in [6, 6.07) is -0.600. The van der Waals surface area contributed by atoms with E-state index >= 15 is 0 Å². The molecule has 7 nitrogen and oxygen atoms in total. The first-order valence-corrected chi connectivity index (χ1v) is 6.32. The fourth-order valence-electron chi connectivity index (χ4n) is 1.05. The van der Waals surface area contributed by atoms with Crippen molar-refractivity contribution < 1.29 is 19.1 Å². The Morgan fingerprint density at radius 1 is 1.47 bits per heavy atom. The van der Waals surface area contributed by atoms with Crippen molar-refractivity contribution in [1.82, 2.24) is 16.2 Å². The van der Waals surface area contributed by atoms with Gasteiger partial charge in [0.25, 0.3) is 5.91 Å². The van der Waals surface area contributed by atoms with Crippen molar-refractivity contribution in [1.29, 1.82) is 0 Å². The van der Waals surface area contributed by atoms with E-state index in [2.05, 4.69) is 16.2 Å². The van der Waals surface area contributed by atoms with Gasteiger partial charge in [0, 0.05) is 0 Å². The Hall–Kier alpha value is -1.28. The Bertz CT molecular complexity index is 311. The molecule has 1 aliphatic heterocycles. The highest BCUT2D eigenvalue weighted by Gasteiger charge is 2.26. The first-order chi connectivity index (χ1) is 8.13. The minimum Gasteiger partial charge on any atom is -0.465 e. The third-order valence-corrected chi connectivity index (χ3v) is 2.99. The smallest absolute Gasteiger partial charge is 0.335 e. The molecule has 1 saturated heterocycles. The van der Waals surface area contributed by atoms with Crippen molar-refractivity contribution in [3.05, 3.63) is 0 Å². The lowest BCUT2D eigenvalue weighted by Gasteiger charge is -2.22. The first-order valence-electron chi connectivity index (χ1n) is 5.27. The quantitative estimate of drug-likeness (QED) is 0.450. The van der Waals surface area contributed by atoms with Gasteiger partial charge in [-0.3, -0.25) is 20.3 Å². The molecule has 8 heteroatoms. The van der Waals surface area contributed by atoms with Crippen LogP contribution in [-0.2, 0) is 14.3 Å². The van der Waals surface area contributed by atoms with Crippen molar-refractivity contribution in [2.45, 2.75) is 25.1 Å². The number of carbonyl (C=O) groups excluding carboxylic acids is 3. The number of amides is 3. The van der Waals surface area contributed by atoms with Gasteiger partial charge in [-0.15, -0.1) is 11.8 Å². The lowest BCUT2D eigenvalue weighted by molar-refractivity contribution is -0.140. The number of ether oxygens (including phenoxy) is 1. The van der Waals surface area contributed by atoms with Crippen LogP contribution in [0, 0.1) is 0 Å². The van der Waals surface area contributed by atoms with E-state index < -0.39 is 17.3 Å². The highest BCUT2D eigenvalue weighted by atomic mass is 32.2. The molecule has 17 heavy (non-hydrogen) atoms. The van der Waals surface area contributed by atoms with Gasteiger partial charge in [0.1, 0.15) is 0 Å². The summed E-state index contributed by atoms with van der Waals surface area (Å²) in [5.74, 6) is -0.778. The van der Waals surface area contributed by atoms with Gasteiger partial charge in [0.05, 0.1) is 12.4 Å². The van der Waals surface area contributed by atoms with Crippen molar-refractivity contribution in [2.75, 3.05) is 12.4 Å². The van der Waals surface area contributed by atoms with E-state index in [-0.39, 0.29) is 11.7 Å². The highest BCUT2D eigenvalue weighted by molar-refractivity contribution is 8.01. The zero-order chi connectivity index (χ0) is 12.7. The highest BCUT2D eigenvalue weighted by Crippen LogP contribution is 2.09. The summed E-state index contributed by atoms with van der Waals surface area (Å²) >= 11 is 1.06. The van der Waals surface area contributed by atoms with Crippen molar-refractivity contribution >= 4 is 29.7 Å². The second-order valence-corrected chi connectivity index (χ2v) is 4.45. The molecule has 1 atom stereocenters. The summed E-state index contributed by atoms with van der Waals surface area (Å²) in [6.45, 7) is 2.40. The fraction of sp³-hybridized carbons (Fsp3) is 0.667. The minimum atomic E-state index is -0.675. The molecule has 1 rings (SSSR count). The first kappa shape index (κ1) is 13.8. The van der Waals surface area contributed by atoms with Gasteiger partial charge in [-0.1, -0.05) is 13.3 Å². The average Bonchev–Trinajstić information content (AvgIpc) is 2.28. The molecule has 0 saturated carbocycles. The summed E-state index contributed by atoms with van der Waals surface area (Å²) in [5, 5.41) is 1.41. The second-order valence-electron chi connectivity index (χ2n) is 3.35. The van der Waals surface area contributed by atoms with Gasteiger partial charge in [-0.2, -0.15) is 0 Å². The lowest BCUT2D eigenvalue weighted by atomic mass is 10.4. The maximum atomic E-state index is 11.3. The minimum absolute atomic E-state index is 0.0602. The summed E-state index contributed by atoms with van der Waals surface area (Å²) in [6.07, 6.45) is 1.79. The van der Waals surface area contributed by atoms with E-state index in [1.54, 1.807) is 0 Å². The molecule has 1 unspecified atom stereocenters. The summed E-state index contributed by atoms with van der Waals surface area (Å²) in [5.41, 5.74) is 4.73. The molecule has 96 valence electrons. The predicted octanol–water partition coefficient (Wildman–Crippen LogP) is -0.267. The number of imide groups is 1. The Morgan fingerprint density at radius 3 is 2.88 bits per heavy atom. The number of hydrogen-bond donors (Lipinski definition) is 3. The van der Waals surface area contributed by atoms with Crippen LogP contribution in [0.15, 0.2) is 0 Å². The normalized spacial score (nSPS) is 19.5. The molecule has 0 radical (unpaired) electrons. The molecule has 1 heterocycles. The largest absolute Gasteiger partial charge is 0.465 e. The van der Waals surface area contributed by atoms with Crippen molar-refractivity contribution in [2.24, 2.45) is 0 Å². The van der Waals surface area contributed by atoms with Crippen LogP contribution in [0.3, 0.4) is 0 Å². The number of hydrazine groups is 1. The third kappa shape index (κ3) is 5.05. The van der Waals surface area contributed by atoms with E-state index in [0.29, 0.717) is 6.61 Å². The predicted molar refractivity (Wildman–Crippen MR) is 61.9 cm³/mol. The van der Waals surface area contributed by atoms with Gasteiger partial charge in [-0.05, 0) is 6.42 Å². The number of nitrogens with one attached hydrogen (secondary N) is 3.